The molecule has 3 fully saturated rings. The summed E-state index contributed by atoms with van der Waals surface area (Å²) in [5.74, 6) is -1.76. The number of carbonyl (C=O) groups excluding carboxylic acids is 3. The summed E-state index contributed by atoms with van der Waals surface area (Å²) in [6, 6.07) is 0.177. The summed E-state index contributed by atoms with van der Waals surface area (Å²) in [5.41, 5.74) is 0. The van der Waals surface area contributed by atoms with Crippen LogP contribution < -0.4 is 0 Å². The molecule has 0 spiro atoms. The third kappa shape index (κ3) is 2.34. The molecule has 2 amide bonds. The first-order valence-corrected chi connectivity index (χ1v) is 7.82. The zero-order chi connectivity index (χ0) is 14.1. The van der Waals surface area contributed by atoms with Crippen molar-refractivity contribution in [2.24, 2.45) is 5.92 Å². The van der Waals surface area contributed by atoms with Gasteiger partial charge in [0.05, 0.1) is 0 Å². The molecule has 0 aromatic rings. The van der Waals surface area contributed by atoms with E-state index in [1.54, 1.807) is 9.80 Å². The third-order valence-electron chi connectivity index (χ3n) is 4.90. The molecule has 0 radical (unpaired) electrons. The predicted octanol–water partition coefficient (Wildman–Crippen LogP) is 0.969. The first kappa shape index (κ1) is 13.6. The predicted molar refractivity (Wildman–Crippen MR) is 72.9 cm³/mol. The van der Waals surface area contributed by atoms with Gasteiger partial charge < -0.3 is 9.80 Å². The van der Waals surface area contributed by atoms with Crippen LogP contribution in [0.1, 0.15) is 44.9 Å². The van der Waals surface area contributed by atoms with Crippen molar-refractivity contribution >= 4 is 17.6 Å². The van der Waals surface area contributed by atoms with Crippen LogP contribution in [0.5, 0.6) is 0 Å². The average molecular weight is 278 g/mol. The smallest absolute Gasteiger partial charge is 0.291 e. The van der Waals surface area contributed by atoms with Crippen LogP contribution in [0.15, 0.2) is 0 Å². The Hall–Kier alpha value is -1.39. The fourth-order valence-corrected chi connectivity index (χ4v) is 3.71. The van der Waals surface area contributed by atoms with E-state index in [-0.39, 0.29) is 11.9 Å². The van der Waals surface area contributed by atoms with Gasteiger partial charge in [-0.2, -0.15) is 0 Å². The molecule has 1 aliphatic carbocycles. The number of likely N-dealkylation sites (tertiary alicyclic amines) is 2. The largest absolute Gasteiger partial charge is 0.342 e. The Bertz CT molecular complexity index is 423. The van der Waals surface area contributed by atoms with Crippen molar-refractivity contribution in [1.82, 2.24) is 9.80 Å². The number of amides is 2. The van der Waals surface area contributed by atoms with Crippen LogP contribution in [-0.2, 0) is 14.4 Å². The molecule has 0 unspecified atom stereocenters. The van der Waals surface area contributed by atoms with E-state index < -0.39 is 17.6 Å². The second-order valence-electron chi connectivity index (χ2n) is 6.20. The molecule has 110 valence electrons. The Morgan fingerprint density at radius 1 is 0.950 bits per heavy atom. The van der Waals surface area contributed by atoms with Gasteiger partial charge in [0.25, 0.3) is 5.91 Å². The molecule has 1 atom stereocenters. The highest BCUT2D eigenvalue weighted by atomic mass is 16.2. The lowest BCUT2D eigenvalue weighted by molar-refractivity contribution is -0.145. The first-order valence-electron chi connectivity index (χ1n) is 7.82. The highest BCUT2D eigenvalue weighted by molar-refractivity contribution is 6.42. The van der Waals surface area contributed by atoms with Crippen LogP contribution in [0.4, 0.5) is 0 Å². The standard InChI is InChI=1S/C15H22N2O3/c18-13-12(14(19)16-8-4-5-9-16)10-17(15(13)20)11-6-2-1-3-7-11/h11-12H,1-10H2/t12-/m1/s1. The topological polar surface area (TPSA) is 57.7 Å². The minimum absolute atomic E-state index is 0.126. The summed E-state index contributed by atoms with van der Waals surface area (Å²) in [4.78, 5) is 40.0. The van der Waals surface area contributed by atoms with Gasteiger partial charge in [0, 0.05) is 25.7 Å². The van der Waals surface area contributed by atoms with Gasteiger partial charge in [-0.15, -0.1) is 0 Å². The Morgan fingerprint density at radius 3 is 2.25 bits per heavy atom. The molecule has 5 nitrogen and oxygen atoms in total. The molecule has 0 bridgehead atoms. The first-order chi connectivity index (χ1) is 9.68. The summed E-state index contributed by atoms with van der Waals surface area (Å²) >= 11 is 0. The molecular weight excluding hydrogens is 256 g/mol. The second kappa shape index (κ2) is 5.54. The Balaban J connectivity index is 1.69. The Morgan fingerprint density at radius 2 is 1.60 bits per heavy atom. The van der Waals surface area contributed by atoms with E-state index in [2.05, 4.69) is 0 Å². The van der Waals surface area contributed by atoms with E-state index in [0.717, 1.165) is 51.6 Å². The normalized spacial score (nSPS) is 28.5. The molecule has 2 saturated heterocycles. The van der Waals surface area contributed by atoms with Crippen molar-refractivity contribution < 1.29 is 14.4 Å². The summed E-state index contributed by atoms with van der Waals surface area (Å²) in [7, 11) is 0. The molecule has 20 heavy (non-hydrogen) atoms. The maximum absolute atomic E-state index is 12.4. The lowest BCUT2D eigenvalue weighted by Gasteiger charge is -2.30. The molecule has 1 saturated carbocycles. The van der Waals surface area contributed by atoms with Gasteiger partial charge in [0.15, 0.2) is 0 Å². The molecule has 0 aromatic carbocycles. The highest BCUT2D eigenvalue weighted by Gasteiger charge is 2.47. The monoisotopic (exact) mass is 278 g/mol. The van der Waals surface area contributed by atoms with Crippen LogP contribution in [0.3, 0.4) is 0 Å². The Labute approximate surface area is 119 Å². The number of Topliss-reactive ketones (excluding diaryl/α,β-unsaturated/α-hetero) is 1. The van der Waals surface area contributed by atoms with Gasteiger partial charge in [0.2, 0.25) is 11.7 Å². The molecule has 5 heteroatoms. The summed E-state index contributed by atoms with van der Waals surface area (Å²) < 4.78 is 0. The van der Waals surface area contributed by atoms with Gasteiger partial charge in [-0.05, 0) is 25.7 Å². The van der Waals surface area contributed by atoms with Crippen molar-refractivity contribution in [3.8, 4) is 0 Å². The van der Waals surface area contributed by atoms with Crippen molar-refractivity contribution in [3.63, 3.8) is 0 Å². The summed E-state index contributed by atoms with van der Waals surface area (Å²) in [6.45, 7) is 1.79. The van der Waals surface area contributed by atoms with Gasteiger partial charge in [-0.25, -0.2) is 0 Å². The third-order valence-corrected chi connectivity index (χ3v) is 4.90. The number of nitrogens with zero attached hydrogens (tertiary/aromatic N) is 2. The van der Waals surface area contributed by atoms with E-state index in [1.165, 1.54) is 6.42 Å². The van der Waals surface area contributed by atoms with Crippen LogP contribution in [0, 0.1) is 5.92 Å². The van der Waals surface area contributed by atoms with Crippen LogP contribution >= 0.6 is 0 Å². The summed E-state index contributed by atoms with van der Waals surface area (Å²) in [6.07, 6.45) is 7.41. The number of rotatable bonds is 2. The lowest BCUT2D eigenvalue weighted by atomic mass is 9.94. The SMILES string of the molecule is O=C1C(=O)N(C2CCCCC2)C[C@H]1C(=O)N1CCCC1. The number of hydrogen-bond donors (Lipinski definition) is 0. The van der Waals surface area contributed by atoms with Gasteiger partial charge in [-0.1, -0.05) is 19.3 Å². The van der Waals surface area contributed by atoms with E-state index >= 15 is 0 Å². The average Bonchev–Trinajstić information content (AvgIpc) is 3.10. The van der Waals surface area contributed by atoms with Crippen LogP contribution in [0.25, 0.3) is 0 Å². The van der Waals surface area contributed by atoms with Crippen molar-refractivity contribution in [2.45, 2.75) is 51.0 Å². The van der Waals surface area contributed by atoms with Crippen molar-refractivity contribution in [1.29, 1.82) is 0 Å². The van der Waals surface area contributed by atoms with Crippen molar-refractivity contribution in [3.05, 3.63) is 0 Å². The number of ketones is 1. The molecule has 2 heterocycles. The zero-order valence-corrected chi connectivity index (χ0v) is 11.8. The molecular formula is C15H22N2O3. The lowest BCUT2D eigenvalue weighted by Crippen LogP contribution is -2.39. The molecule has 3 aliphatic rings. The van der Waals surface area contributed by atoms with E-state index in [4.69, 9.17) is 0 Å². The second-order valence-corrected chi connectivity index (χ2v) is 6.20. The van der Waals surface area contributed by atoms with E-state index in [9.17, 15) is 14.4 Å². The van der Waals surface area contributed by atoms with Crippen LogP contribution in [-0.4, -0.2) is 53.1 Å². The van der Waals surface area contributed by atoms with E-state index in [0.29, 0.717) is 6.54 Å². The van der Waals surface area contributed by atoms with Gasteiger partial charge in [0.1, 0.15) is 5.92 Å². The van der Waals surface area contributed by atoms with Gasteiger partial charge in [-0.3, -0.25) is 14.4 Å². The fourth-order valence-electron chi connectivity index (χ4n) is 3.71. The maximum Gasteiger partial charge on any atom is 0.291 e. The minimum Gasteiger partial charge on any atom is -0.342 e. The number of carbonyl (C=O) groups is 3. The van der Waals surface area contributed by atoms with Crippen LogP contribution in [0.2, 0.25) is 0 Å². The quantitative estimate of drug-likeness (QED) is 0.558. The molecule has 2 aliphatic heterocycles. The zero-order valence-electron chi connectivity index (χ0n) is 11.8. The van der Waals surface area contributed by atoms with Crippen molar-refractivity contribution in [2.75, 3.05) is 19.6 Å². The summed E-state index contributed by atoms with van der Waals surface area (Å²) in [5, 5.41) is 0. The number of hydrogen-bond acceptors (Lipinski definition) is 3. The molecule has 3 rings (SSSR count). The Kier molecular flexibility index (Phi) is 3.76. The molecule has 0 N–H and O–H groups in total. The highest BCUT2D eigenvalue weighted by Crippen LogP contribution is 2.28. The molecule has 0 aromatic heterocycles. The van der Waals surface area contributed by atoms with Gasteiger partial charge >= 0.3 is 0 Å². The minimum atomic E-state index is -0.734. The maximum atomic E-state index is 12.4. The fraction of sp³-hybridized carbons (Fsp3) is 0.800. The van der Waals surface area contributed by atoms with E-state index in [1.807, 2.05) is 0 Å².